The van der Waals surface area contributed by atoms with Crippen molar-refractivity contribution < 1.29 is 0 Å². The van der Waals surface area contributed by atoms with Gasteiger partial charge in [0.25, 0.3) is 0 Å². The van der Waals surface area contributed by atoms with Gasteiger partial charge < -0.3 is 5.32 Å². The van der Waals surface area contributed by atoms with Crippen molar-refractivity contribution in [3.05, 3.63) is 51.6 Å². The van der Waals surface area contributed by atoms with Crippen molar-refractivity contribution >= 4 is 39.0 Å². The van der Waals surface area contributed by atoms with Gasteiger partial charge in [-0.2, -0.15) is 0 Å². The molecule has 114 valence electrons. The number of halogens is 1. The highest BCUT2D eigenvalue weighted by Crippen LogP contribution is 2.29. The number of fused-ring (bicyclic) bond motifs is 1. The van der Waals surface area contributed by atoms with Crippen LogP contribution in [-0.2, 0) is 12.8 Å². The fraction of sp³-hybridized carbons (Fsp3) is 0.294. The van der Waals surface area contributed by atoms with Crippen molar-refractivity contribution in [1.82, 2.24) is 9.97 Å². The number of hydrogen-bond donors (Lipinski definition) is 1. The summed E-state index contributed by atoms with van der Waals surface area (Å²) < 4.78 is 0. The third-order valence-electron chi connectivity index (χ3n) is 3.52. The van der Waals surface area contributed by atoms with Crippen molar-refractivity contribution in [3.63, 3.8) is 0 Å². The number of benzene rings is 1. The Morgan fingerprint density at radius 2 is 1.95 bits per heavy atom. The molecule has 22 heavy (non-hydrogen) atoms. The number of hydrogen-bond acceptors (Lipinski definition) is 4. The van der Waals surface area contributed by atoms with E-state index >= 15 is 0 Å². The predicted octanol–water partition coefficient (Wildman–Crippen LogP) is 4.87. The molecule has 3 aromatic rings. The molecule has 0 saturated heterocycles. The van der Waals surface area contributed by atoms with Gasteiger partial charge in [-0.1, -0.05) is 30.7 Å². The van der Waals surface area contributed by atoms with Crippen LogP contribution in [0.15, 0.2) is 30.3 Å². The molecule has 0 spiro atoms. The minimum Gasteiger partial charge on any atom is -0.369 e. The highest BCUT2D eigenvalue weighted by molar-refractivity contribution is 7.18. The van der Waals surface area contributed by atoms with Crippen LogP contribution in [0.1, 0.15) is 23.2 Å². The number of nitrogens with one attached hydrogen (secondary N) is 1. The molecule has 0 bridgehead atoms. The van der Waals surface area contributed by atoms with Gasteiger partial charge in [-0.15, -0.1) is 11.3 Å². The molecule has 0 aliphatic carbocycles. The van der Waals surface area contributed by atoms with Gasteiger partial charge in [-0.05, 0) is 43.5 Å². The van der Waals surface area contributed by atoms with Gasteiger partial charge in [0.15, 0.2) is 0 Å². The van der Waals surface area contributed by atoms with Crippen molar-refractivity contribution in [2.24, 2.45) is 0 Å². The normalized spacial score (nSPS) is 11.0. The average Bonchev–Trinajstić information content (AvgIpc) is 2.92. The third kappa shape index (κ3) is 3.39. The van der Waals surface area contributed by atoms with E-state index in [1.165, 1.54) is 10.4 Å². The fourth-order valence-electron chi connectivity index (χ4n) is 2.36. The van der Waals surface area contributed by atoms with Crippen LogP contribution in [0, 0.1) is 6.92 Å². The van der Waals surface area contributed by atoms with Crippen molar-refractivity contribution in [2.45, 2.75) is 26.7 Å². The maximum Gasteiger partial charge on any atom is 0.138 e. The van der Waals surface area contributed by atoms with Crippen LogP contribution in [0.4, 0.5) is 5.82 Å². The Morgan fingerprint density at radius 3 is 2.68 bits per heavy atom. The molecule has 5 heteroatoms. The number of thiophene rings is 1. The van der Waals surface area contributed by atoms with Crippen LogP contribution < -0.4 is 5.32 Å². The van der Waals surface area contributed by atoms with Crippen LogP contribution in [0.2, 0.25) is 5.02 Å². The maximum absolute atomic E-state index is 5.91. The molecule has 0 fully saturated rings. The lowest BCUT2D eigenvalue weighted by Crippen LogP contribution is -2.07. The first-order chi connectivity index (χ1) is 10.7. The summed E-state index contributed by atoms with van der Waals surface area (Å²) >= 11 is 7.66. The lowest BCUT2D eigenvalue weighted by molar-refractivity contribution is 0.995. The first-order valence-electron chi connectivity index (χ1n) is 7.41. The first kappa shape index (κ1) is 15.3. The quantitative estimate of drug-likeness (QED) is 0.724. The van der Waals surface area contributed by atoms with Gasteiger partial charge in [0.1, 0.15) is 16.5 Å². The van der Waals surface area contributed by atoms with E-state index in [-0.39, 0.29) is 0 Å². The number of aryl methyl sites for hydroxylation is 2. The molecular weight excluding hydrogens is 314 g/mol. The van der Waals surface area contributed by atoms with E-state index in [4.69, 9.17) is 11.6 Å². The second kappa shape index (κ2) is 6.63. The largest absolute Gasteiger partial charge is 0.369 e. The standard InChI is InChI=1S/C17H18ClN3S/c1-3-14-10-15-16(20-11(2)21-17(15)22-14)19-9-8-12-4-6-13(18)7-5-12/h4-7,10H,3,8-9H2,1-2H3,(H,19,20,21). The Morgan fingerprint density at radius 1 is 1.18 bits per heavy atom. The molecule has 3 nitrogen and oxygen atoms in total. The summed E-state index contributed by atoms with van der Waals surface area (Å²) in [6.45, 7) is 4.94. The SMILES string of the molecule is CCc1cc2c(NCCc3ccc(Cl)cc3)nc(C)nc2s1. The Balaban J connectivity index is 1.75. The summed E-state index contributed by atoms with van der Waals surface area (Å²) in [5, 5.41) is 5.35. The van der Waals surface area contributed by atoms with Crippen molar-refractivity contribution in [2.75, 3.05) is 11.9 Å². The molecule has 3 rings (SSSR count). The van der Waals surface area contributed by atoms with E-state index < -0.39 is 0 Å². The van der Waals surface area contributed by atoms with E-state index in [0.29, 0.717) is 0 Å². The van der Waals surface area contributed by atoms with Gasteiger partial charge >= 0.3 is 0 Å². The molecule has 0 unspecified atom stereocenters. The van der Waals surface area contributed by atoms with Crippen LogP contribution in [-0.4, -0.2) is 16.5 Å². The smallest absolute Gasteiger partial charge is 0.138 e. The Hall–Kier alpha value is -1.65. The molecule has 0 amide bonds. The Labute approximate surface area is 139 Å². The molecule has 0 radical (unpaired) electrons. The molecular formula is C17H18ClN3S. The molecule has 2 heterocycles. The van der Waals surface area contributed by atoms with Crippen LogP contribution in [0.25, 0.3) is 10.2 Å². The maximum atomic E-state index is 5.91. The number of aromatic nitrogens is 2. The lowest BCUT2D eigenvalue weighted by Gasteiger charge is -2.07. The summed E-state index contributed by atoms with van der Waals surface area (Å²) in [5.74, 6) is 1.75. The van der Waals surface area contributed by atoms with Crippen LogP contribution in [0.5, 0.6) is 0 Å². The number of nitrogens with zero attached hydrogens (tertiary/aromatic N) is 2. The molecule has 2 aromatic heterocycles. The van der Waals surface area contributed by atoms with Gasteiger partial charge in [0.05, 0.1) is 5.39 Å². The zero-order valence-corrected chi connectivity index (χ0v) is 14.3. The topological polar surface area (TPSA) is 37.8 Å². The Bertz CT molecular complexity index is 780. The van der Waals surface area contributed by atoms with E-state index in [2.05, 4.69) is 40.4 Å². The van der Waals surface area contributed by atoms with E-state index in [1.807, 2.05) is 19.1 Å². The fourth-order valence-corrected chi connectivity index (χ4v) is 3.50. The second-order valence-corrected chi connectivity index (χ2v) is 6.76. The average molecular weight is 332 g/mol. The molecule has 1 aromatic carbocycles. The van der Waals surface area contributed by atoms with Crippen molar-refractivity contribution in [3.8, 4) is 0 Å². The summed E-state index contributed by atoms with van der Waals surface area (Å²) in [6, 6.07) is 10.2. The zero-order valence-electron chi connectivity index (χ0n) is 12.7. The van der Waals surface area contributed by atoms with E-state index in [0.717, 1.165) is 46.3 Å². The third-order valence-corrected chi connectivity index (χ3v) is 4.95. The predicted molar refractivity (Wildman–Crippen MR) is 95.2 cm³/mol. The van der Waals surface area contributed by atoms with Crippen LogP contribution in [0.3, 0.4) is 0 Å². The first-order valence-corrected chi connectivity index (χ1v) is 8.60. The van der Waals surface area contributed by atoms with Crippen molar-refractivity contribution in [1.29, 1.82) is 0 Å². The number of anilines is 1. The summed E-state index contributed by atoms with van der Waals surface area (Å²) in [4.78, 5) is 11.5. The summed E-state index contributed by atoms with van der Waals surface area (Å²) in [5.41, 5.74) is 1.26. The highest BCUT2D eigenvalue weighted by atomic mass is 35.5. The van der Waals surface area contributed by atoms with Gasteiger partial charge in [0.2, 0.25) is 0 Å². The molecule has 0 aliphatic rings. The summed E-state index contributed by atoms with van der Waals surface area (Å²) in [7, 11) is 0. The highest BCUT2D eigenvalue weighted by Gasteiger charge is 2.09. The second-order valence-electron chi connectivity index (χ2n) is 5.21. The lowest BCUT2D eigenvalue weighted by atomic mass is 10.1. The van der Waals surface area contributed by atoms with Gasteiger partial charge in [-0.3, -0.25) is 0 Å². The molecule has 0 atom stereocenters. The minimum absolute atomic E-state index is 0.773. The minimum atomic E-state index is 0.773. The Kier molecular flexibility index (Phi) is 4.60. The van der Waals surface area contributed by atoms with E-state index in [1.54, 1.807) is 11.3 Å². The molecule has 1 N–H and O–H groups in total. The van der Waals surface area contributed by atoms with Crippen LogP contribution >= 0.6 is 22.9 Å². The number of rotatable bonds is 5. The molecule has 0 saturated carbocycles. The molecule has 0 aliphatic heterocycles. The van der Waals surface area contributed by atoms with E-state index in [9.17, 15) is 0 Å². The van der Waals surface area contributed by atoms with Gasteiger partial charge in [0, 0.05) is 16.4 Å². The monoisotopic (exact) mass is 331 g/mol. The summed E-state index contributed by atoms with van der Waals surface area (Å²) in [6.07, 6.45) is 1.97. The van der Waals surface area contributed by atoms with Gasteiger partial charge in [-0.25, -0.2) is 9.97 Å². The zero-order chi connectivity index (χ0) is 15.5.